The molecule has 1 unspecified atom stereocenters. The van der Waals surface area contributed by atoms with Crippen molar-refractivity contribution in [1.29, 1.82) is 0 Å². The first-order valence-electron chi connectivity index (χ1n) is 14.4. The molecule has 1 aliphatic rings. The fraction of sp³-hybridized carbons (Fsp3) is 0.303. The van der Waals surface area contributed by atoms with E-state index in [4.69, 9.17) is 24.3 Å². The summed E-state index contributed by atoms with van der Waals surface area (Å²) in [7, 11) is 1.61. The minimum absolute atomic E-state index is 0.273. The molecule has 1 atom stereocenters. The van der Waals surface area contributed by atoms with Gasteiger partial charge in [0, 0.05) is 11.4 Å². The van der Waals surface area contributed by atoms with E-state index >= 15 is 0 Å². The van der Waals surface area contributed by atoms with Crippen LogP contribution < -0.4 is 24.8 Å². The van der Waals surface area contributed by atoms with Crippen LogP contribution >= 0.6 is 11.8 Å². The van der Waals surface area contributed by atoms with E-state index < -0.39 is 6.04 Å². The number of hydrogen-bond donors (Lipinski definition) is 2. The van der Waals surface area contributed by atoms with E-state index in [0.717, 1.165) is 23.3 Å². The average molecular weight is 600 g/mol. The van der Waals surface area contributed by atoms with E-state index in [9.17, 15) is 4.79 Å². The Balaban J connectivity index is 1.51. The molecule has 0 aliphatic carbocycles. The van der Waals surface area contributed by atoms with Crippen LogP contribution in [0.5, 0.6) is 17.2 Å². The zero-order chi connectivity index (χ0) is 30.3. The van der Waals surface area contributed by atoms with Crippen molar-refractivity contribution in [3.05, 3.63) is 94.7 Å². The molecule has 1 aromatic heterocycles. The number of carbonyl (C=O) groups excluding carboxylic acids is 1. The van der Waals surface area contributed by atoms with Crippen LogP contribution in [0.3, 0.4) is 0 Å². The molecule has 9 nitrogen and oxygen atoms in total. The van der Waals surface area contributed by atoms with Crippen molar-refractivity contribution in [2.75, 3.05) is 30.1 Å². The molecule has 1 amide bonds. The van der Waals surface area contributed by atoms with Gasteiger partial charge in [0.25, 0.3) is 5.91 Å². The predicted molar refractivity (Wildman–Crippen MR) is 170 cm³/mol. The summed E-state index contributed by atoms with van der Waals surface area (Å²) in [6.07, 6.45) is 0.997. The summed E-state index contributed by atoms with van der Waals surface area (Å²) < 4.78 is 19.4. The number of nitrogens with zero attached hydrogens (tertiary/aromatic N) is 3. The molecule has 10 heteroatoms. The molecule has 4 aromatic rings. The molecule has 0 saturated carbocycles. The summed E-state index contributed by atoms with van der Waals surface area (Å²) in [5.41, 5.74) is 4.84. The zero-order valence-electron chi connectivity index (χ0n) is 25.1. The number of ether oxygens (including phenoxy) is 3. The van der Waals surface area contributed by atoms with Crippen molar-refractivity contribution in [2.45, 2.75) is 51.9 Å². The van der Waals surface area contributed by atoms with E-state index in [1.54, 1.807) is 23.6 Å². The summed E-state index contributed by atoms with van der Waals surface area (Å²) in [6, 6.07) is 20.8. The monoisotopic (exact) mass is 599 g/mol. The van der Waals surface area contributed by atoms with Gasteiger partial charge in [-0.1, -0.05) is 66.7 Å². The number of carbonyl (C=O) groups is 1. The molecule has 0 saturated heterocycles. The van der Waals surface area contributed by atoms with Crippen LogP contribution in [0.2, 0.25) is 0 Å². The third-order valence-corrected chi connectivity index (χ3v) is 8.01. The highest BCUT2D eigenvalue weighted by Gasteiger charge is 2.35. The second-order valence-corrected chi connectivity index (χ2v) is 11.2. The number of allylic oxidation sites excluding steroid dienone is 1. The maximum absolute atomic E-state index is 14.0. The number of aromatic nitrogens is 3. The van der Waals surface area contributed by atoms with Crippen LogP contribution in [-0.4, -0.2) is 40.1 Å². The van der Waals surface area contributed by atoms with Gasteiger partial charge in [-0.25, -0.2) is 4.68 Å². The summed E-state index contributed by atoms with van der Waals surface area (Å²) >= 11 is 1.58. The fourth-order valence-electron chi connectivity index (χ4n) is 4.85. The van der Waals surface area contributed by atoms with Crippen LogP contribution in [0.1, 0.15) is 49.9 Å². The maximum Gasteiger partial charge on any atom is 0.255 e. The van der Waals surface area contributed by atoms with Gasteiger partial charge in [-0.15, -0.1) is 5.10 Å². The highest BCUT2D eigenvalue weighted by molar-refractivity contribution is 7.99. The Morgan fingerprint density at radius 3 is 2.53 bits per heavy atom. The quantitative estimate of drug-likeness (QED) is 0.168. The molecule has 5 rings (SSSR count). The van der Waals surface area contributed by atoms with Crippen molar-refractivity contribution < 1.29 is 19.0 Å². The summed E-state index contributed by atoms with van der Waals surface area (Å²) in [5.74, 6) is 2.97. The number of benzene rings is 3. The van der Waals surface area contributed by atoms with E-state index in [1.807, 2.05) is 68.4 Å². The summed E-state index contributed by atoms with van der Waals surface area (Å²) in [4.78, 5) is 18.7. The maximum atomic E-state index is 14.0. The van der Waals surface area contributed by atoms with Crippen LogP contribution in [0.15, 0.2) is 83.2 Å². The molecule has 224 valence electrons. The smallest absolute Gasteiger partial charge is 0.255 e. The Morgan fingerprint density at radius 2 is 1.79 bits per heavy atom. The topological polar surface area (TPSA) is 99.5 Å². The number of fused-ring (bicyclic) bond motifs is 1. The summed E-state index contributed by atoms with van der Waals surface area (Å²) in [5, 5.41) is 11.8. The lowest BCUT2D eigenvalue weighted by Crippen LogP contribution is -2.31. The van der Waals surface area contributed by atoms with Crippen LogP contribution in [0.4, 0.5) is 11.6 Å². The van der Waals surface area contributed by atoms with Gasteiger partial charge in [-0.3, -0.25) is 4.79 Å². The standard InChI is InChI=1S/C33H37N5O4S/c1-6-18-43-33-36-32-34-22(4)29(31(39)35-25-10-8-9-11-26(25)41-7-2)30(38(32)37-33)24-16-17-27(28(19-24)40-5)42-20-23-14-12-21(3)13-15-23/h8-17,19,30H,6-7,18,20H2,1-5H3,(H,35,39)(H,34,36,37). The number of aryl methyl sites for hydroxylation is 1. The minimum Gasteiger partial charge on any atom is -0.493 e. The second kappa shape index (κ2) is 13.7. The first-order valence-corrected chi connectivity index (χ1v) is 15.4. The number of para-hydroxylation sites is 2. The number of nitrogens with one attached hydrogen (secondary N) is 2. The molecule has 3 aromatic carbocycles. The third-order valence-electron chi connectivity index (χ3n) is 6.97. The van der Waals surface area contributed by atoms with E-state index in [-0.39, 0.29) is 5.91 Å². The Kier molecular flexibility index (Phi) is 9.56. The molecule has 0 spiro atoms. The average Bonchev–Trinajstić information content (AvgIpc) is 3.42. The number of rotatable bonds is 12. The number of amides is 1. The lowest BCUT2D eigenvalue weighted by atomic mass is 9.94. The van der Waals surface area contributed by atoms with Gasteiger partial charge in [0.15, 0.2) is 11.5 Å². The van der Waals surface area contributed by atoms with Gasteiger partial charge in [0.05, 0.1) is 25.0 Å². The Hall–Kier alpha value is -4.44. The van der Waals surface area contributed by atoms with Gasteiger partial charge >= 0.3 is 0 Å². The van der Waals surface area contributed by atoms with Crippen LogP contribution in [-0.2, 0) is 11.4 Å². The largest absolute Gasteiger partial charge is 0.493 e. The Labute approximate surface area is 256 Å². The Morgan fingerprint density at radius 1 is 1.00 bits per heavy atom. The van der Waals surface area contributed by atoms with Crippen molar-refractivity contribution in [3.8, 4) is 17.2 Å². The molecular weight excluding hydrogens is 562 g/mol. The highest BCUT2D eigenvalue weighted by Crippen LogP contribution is 2.40. The normalized spacial score (nSPS) is 14.1. The van der Waals surface area contributed by atoms with Crippen molar-refractivity contribution in [1.82, 2.24) is 14.8 Å². The first kappa shape index (κ1) is 30.0. The van der Waals surface area contributed by atoms with E-state index in [2.05, 4.69) is 36.6 Å². The number of methoxy groups -OCH3 is 1. The van der Waals surface area contributed by atoms with Gasteiger partial charge in [-0.2, -0.15) is 4.98 Å². The van der Waals surface area contributed by atoms with E-state index in [0.29, 0.717) is 58.5 Å². The van der Waals surface area contributed by atoms with Crippen LogP contribution in [0, 0.1) is 6.92 Å². The highest BCUT2D eigenvalue weighted by atomic mass is 32.2. The molecule has 1 aliphatic heterocycles. The molecule has 0 fully saturated rings. The Bertz CT molecular complexity index is 1620. The molecule has 0 bridgehead atoms. The second-order valence-electron chi connectivity index (χ2n) is 10.1. The van der Waals surface area contributed by atoms with Crippen molar-refractivity contribution >= 4 is 29.3 Å². The predicted octanol–water partition coefficient (Wildman–Crippen LogP) is 7.00. The van der Waals surface area contributed by atoms with Gasteiger partial charge < -0.3 is 24.8 Å². The van der Waals surface area contributed by atoms with Gasteiger partial charge in [0.2, 0.25) is 11.1 Å². The molecular formula is C33H37N5O4S. The lowest BCUT2D eigenvalue weighted by molar-refractivity contribution is -0.113. The summed E-state index contributed by atoms with van der Waals surface area (Å²) in [6.45, 7) is 8.85. The lowest BCUT2D eigenvalue weighted by Gasteiger charge is -2.29. The first-order chi connectivity index (χ1) is 20.9. The van der Waals surface area contributed by atoms with Gasteiger partial charge in [-0.05, 0) is 62.6 Å². The molecule has 43 heavy (non-hydrogen) atoms. The van der Waals surface area contributed by atoms with Gasteiger partial charge in [0.1, 0.15) is 18.4 Å². The fourth-order valence-corrected chi connectivity index (χ4v) is 5.53. The van der Waals surface area contributed by atoms with Crippen molar-refractivity contribution in [3.63, 3.8) is 0 Å². The number of hydrogen-bond acceptors (Lipinski definition) is 8. The van der Waals surface area contributed by atoms with Crippen molar-refractivity contribution in [2.24, 2.45) is 0 Å². The third kappa shape index (κ3) is 6.80. The number of anilines is 2. The molecule has 2 heterocycles. The molecule has 0 radical (unpaired) electrons. The SMILES string of the molecule is CCCSc1nc2n(n1)C(c1ccc(OCc3ccc(C)cc3)c(OC)c1)C(C(=O)Nc1ccccc1OCC)=C(C)N2. The van der Waals surface area contributed by atoms with E-state index in [1.165, 1.54) is 5.56 Å². The zero-order valence-corrected chi connectivity index (χ0v) is 26.0. The minimum atomic E-state index is -0.570. The molecule has 2 N–H and O–H groups in total. The number of thioether (sulfide) groups is 1. The van der Waals surface area contributed by atoms with Crippen LogP contribution in [0.25, 0.3) is 0 Å².